The van der Waals surface area contributed by atoms with Crippen LogP contribution in [0.4, 0.5) is 23.1 Å². The van der Waals surface area contributed by atoms with Crippen LogP contribution in [0.15, 0.2) is 30.5 Å². The molecule has 1 atom stereocenters. The fourth-order valence-corrected chi connectivity index (χ4v) is 3.99. The molecule has 2 saturated heterocycles. The molecule has 1 unspecified atom stereocenters. The summed E-state index contributed by atoms with van der Waals surface area (Å²) in [7, 11) is 5.37. The van der Waals surface area contributed by atoms with E-state index in [-0.39, 0.29) is 18.2 Å². The van der Waals surface area contributed by atoms with Crippen LogP contribution in [0.2, 0.25) is 0 Å². The van der Waals surface area contributed by atoms with Gasteiger partial charge in [0.25, 0.3) is 0 Å². The monoisotopic (exact) mass is 424 g/mol. The molecule has 2 aliphatic heterocycles. The number of hydrogen-bond acceptors (Lipinski definition) is 7. The summed E-state index contributed by atoms with van der Waals surface area (Å²) in [4.78, 5) is 40.3. The maximum absolute atomic E-state index is 13.0. The highest BCUT2D eigenvalue weighted by molar-refractivity contribution is 6.04. The number of benzene rings is 1. The third-order valence-corrected chi connectivity index (χ3v) is 5.71. The van der Waals surface area contributed by atoms with Crippen LogP contribution in [0.5, 0.6) is 5.75 Å². The summed E-state index contributed by atoms with van der Waals surface area (Å²) < 4.78 is 5.17. The fraction of sp³-hybridized carbons (Fsp3) is 0.455. The fourth-order valence-electron chi connectivity index (χ4n) is 3.99. The van der Waals surface area contributed by atoms with E-state index in [1.807, 2.05) is 31.1 Å². The van der Waals surface area contributed by atoms with E-state index in [1.54, 1.807) is 30.3 Å². The number of carbonyl (C=O) groups is 2. The number of anilines is 4. The number of ether oxygens (including phenoxy) is 1. The lowest BCUT2D eigenvalue weighted by atomic mass is 10.1. The summed E-state index contributed by atoms with van der Waals surface area (Å²) in [5.74, 6) is 1.34. The average molecular weight is 425 g/mol. The second-order valence-electron chi connectivity index (χ2n) is 8.09. The SMILES string of the molecule is COc1ccc(N2CC(C(=O)Nc3cnc(N4CCCC4)nc3N(C)C)CC2=O)cc1. The van der Waals surface area contributed by atoms with Gasteiger partial charge < -0.3 is 24.8 Å². The van der Waals surface area contributed by atoms with E-state index >= 15 is 0 Å². The minimum atomic E-state index is -0.442. The quantitative estimate of drug-likeness (QED) is 0.760. The molecule has 2 aromatic rings. The van der Waals surface area contributed by atoms with Gasteiger partial charge in [-0.3, -0.25) is 9.59 Å². The molecule has 9 nitrogen and oxygen atoms in total. The zero-order valence-electron chi connectivity index (χ0n) is 18.2. The second-order valence-corrected chi connectivity index (χ2v) is 8.09. The third-order valence-electron chi connectivity index (χ3n) is 5.71. The van der Waals surface area contributed by atoms with Crippen molar-refractivity contribution in [3.63, 3.8) is 0 Å². The molecule has 1 aromatic heterocycles. The lowest BCUT2D eigenvalue weighted by Crippen LogP contribution is -2.29. The van der Waals surface area contributed by atoms with Crippen LogP contribution < -0.4 is 24.8 Å². The summed E-state index contributed by atoms with van der Waals surface area (Å²) >= 11 is 0. The zero-order chi connectivity index (χ0) is 22.0. The Morgan fingerprint density at radius 2 is 1.90 bits per heavy atom. The van der Waals surface area contributed by atoms with Gasteiger partial charge in [-0.25, -0.2) is 4.98 Å². The molecule has 9 heteroatoms. The first-order valence-corrected chi connectivity index (χ1v) is 10.5. The molecule has 2 amide bonds. The van der Waals surface area contributed by atoms with Crippen molar-refractivity contribution in [1.82, 2.24) is 9.97 Å². The Balaban J connectivity index is 1.47. The average Bonchev–Trinajstić information content (AvgIpc) is 3.44. The van der Waals surface area contributed by atoms with Crippen molar-refractivity contribution >= 4 is 35.0 Å². The molecule has 0 bridgehead atoms. The first kappa shape index (κ1) is 20.9. The van der Waals surface area contributed by atoms with Crippen LogP contribution in [0.25, 0.3) is 0 Å². The molecule has 164 valence electrons. The van der Waals surface area contributed by atoms with Gasteiger partial charge in [0.2, 0.25) is 17.8 Å². The van der Waals surface area contributed by atoms with Crippen molar-refractivity contribution in [2.45, 2.75) is 19.3 Å². The Hall–Kier alpha value is -3.36. The number of amides is 2. The van der Waals surface area contributed by atoms with Crippen molar-refractivity contribution < 1.29 is 14.3 Å². The predicted molar refractivity (Wildman–Crippen MR) is 120 cm³/mol. The van der Waals surface area contributed by atoms with Crippen LogP contribution in [-0.2, 0) is 9.59 Å². The minimum Gasteiger partial charge on any atom is -0.497 e. The van der Waals surface area contributed by atoms with E-state index in [9.17, 15) is 9.59 Å². The van der Waals surface area contributed by atoms with Crippen LogP contribution in [-0.4, -0.2) is 62.6 Å². The van der Waals surface area contributed by atoms with Gasteiger partial charge in [0.1, 0.15) is 11.4 Å². The van der Waals surface area contributed by atoms with E-state index < -0.39 is 5.92 Å². The standard InChI is InChI=1S/C22H28N6O3/c1-26(2)20-18(13-23-22(25-20)27-10-4-5-11-27)24-21(30)15-12-19(29)28(14-15)16-6-8-17(31-3)9-7-16/h6-9,13,15H,4-5,10-12,14H2,1-3H3,(H,24,30). The highest BCUT2D eigenvalue weighted by atomic mass is 16.5. The number of nitrogens with zero attached hydrogens (tertiary/aromatic N) is 5. The Bertz CT molecular complexity index is 956. The van der Waals surface area contributed by atoms with Crippen LogP contribution in [0.1, 0.15) is 19.3 Å². The van der Waals surface area contributed by atoms with E-state index in [2.05, 4.69) is 20.2 Å². The Morgan fingerprint density at radius 3 is 2.55 bits per heavy atom. The summed E-state index contributed by atoms with van der Waals surface area (Å²) in [6, 6.07) is 7.26. The molecule has 31 heavy (non-hydrogen) atoms. The first-order chi connectivity index (χ1) is 15.0. The van der Waals surface area contributed by atoms with E-state index in [1.165, 1.54) is 0 Å². The zero-order valence-corrected chi connectivity index (χ0v) is 18.2. The van der Waals surface area contributed by atoms with Crippen molar-refractivity contribution in [3.05, 3.63) is 30.5 Å². The topological polar surface area (TPSA) is 90.9 Å². The molecule has 0 radical (unpaired) electrons. The number of hydrogen-bond donors (Lipinski definition) is 1. The van der Waals surface area contributed by atoms with Gasteiger partial charge in [-0.2, -0.15) is 4.98 Å². The van der Waals surface area contributed by atoms with Gasteiger partial charge in [-0.05, 0) is 37.1 Å². The summed E-state index contributed by atoms with van der Waals surface area (Å²) in [5.41, 5.74) is 1.31. The Morgan fingerprint density at radius 1 is 1.19 bits per heavy atom. The third kappa shape index (κ3) is 4.40. The molecule has 0 aliphatic carbocycles. The normalized spacial score (nSPS) is 18.4. The summed E-state index contributed by atoms with van der Waals surface area (Å²) in [6.45, 7) is 2.23. The van der Waals surface area contributed by atoms with Crippen molar-refractivity contribution in [2.24, 2.45) is 5.92 Å². The maximum Gasteiger partial charge on any atom is 0.229 e. The minimum absolute atomic E-state index is 0.0706. The second kappa shape index (κ2) is 8.79. The molecular formula is C22H28N6O3. The molecule has 2 fully saturated rings. The predicted octanol–water partition coefficient (Wildman–Crippen LogP) is 2.14. The first-order valence-electron chi connectivity index (χ1n) is 10.5. The highest BCUT2D eigenvalue weighted by Crippen LogP contribution is 2.29. The van der Waals surface area contributed by atoms with E-state index in [4.69, 9.17) is 4.74 Å². The van der Waals surface area contributed by atoms with Gasteiger partial charge >= 0.3 is 0 Å². The number of methoxy groups -OCH3 is 1. The Kier molecular flexibility index (Phi) is 5.92. The molecule has 4 rings (SSSR count). The van der Waals surface area contributed by atoms with Gasteiger partial charge in [-0.1, -0.05) is 0 Å². The van der Waals surface area contributed by atoms with Gasteiger partial charge in [0.15, 0.2) is 5.82 Å². The number of rotatable bonds is 6. The molecule has 0 saturated carbocycles. The van der Waals surface area contributed by atoms with Gasteiger partial charge in [-0.15, -0.1) is 0 Å². The summed E-state index contributed by atoms with van der Waals surface area (Å²) in [6.07, 6.45) is 4.10. The number of carbonyl (C=O) groups excluding carboxylic acids is 2. The molecule has 3 heterocycles. The van der Waals surface area contributed by atoms with E-state index in [0.717, 1.165) is 37.4 Å². The van der Waals surface area contributed by atoms with Crippen LogP contribution >= 0.6 is 0 Å². The van der Waals surface area contributed by atoms with Gasteiger partial charge in [0, 0.05) is 45.8 Å². The molecule has 0 spiro atoms. The summed E-state index contributed by atoms with van der Waals surface area (Å²) in [5, 5.41) is 2.94. The van der Waals surface area contributed by atoms with Crippen molar-refractivity contribution in [1.29, 1.82) is 0 Å². The van der Waals surface area contributed by atoms with Crippen molar-refractivity contribution in [3.8, 4) is 5.75 Å². The lowest BCUT2D eigenvalue weighted by molar-refractivity contribution is -0.122. The molecule has 2 aliphatic rings. The molecule has 1 aromatic carbocycles. The van der Waals surface area contributed by atoms with Gasteiger partial charge in [0.05, 0.1) is 19.2 Å². The lowest BCUT2D eigenvalue weighted by Gasteiger charge is -2.21. The molecular weight excluding hydrogens is 396 g/mol. The molecule has 1 N–H and O–H groups in total. The number of aromatic nitrogens is 2. The maximum atomic E-state index is 13.0. The van der Waals surface area contributed by atoms with Crippen LogP contribution in [0, 0.1) is 5.92 Å². The smallest absolute Gasteiger partial charge is 0.229 e. The van der Waals surface area contributed by atoms with Crippen molar-refractivity contribution in [2.75, 3.05) is 60.9 Å². The van der Waals surface area contributed by atoms with Crippen LogP contribution in [0.3, 0.4) is 0 Å². The van der Waals surface area contributed by atoms with E-state index in [0.29, 0.717) is 24.0 Å². The Labute approximate surface area is 182 Å². The largest absolute Gasteiger partial charge is 0.497 e. The number of nitrogens with one attached hydrogen (secondary N) is 1. The highest BCUT2D eigenvalue weighted by Gasteiger charge is 2.35.